The van der Waals surface area contributed by atoms with Gasteiger partial charge in [-0.25, -0.2) is 8.42 Å². The number of aryl methyl sites for hydroxylation is 1. The molecule has 0 aromatic heterocycles. The van der Waals surface area contributed by atoms with E-state index < -0.39 is 10.0 Å². The van der Waals surface area contributed by atoms with Crippen molar-refractivity contribution in [2.24, 2.45) is 0 Å². The molecule has 0 aliphatic carbocycles. The number of ether oxygens (including phenoxy) is 2. The number of benzene rings is 2. The second-order valence-corrected chi connectivity index (χ2v) is 10.5. The van der Waals surface area contributed by atoms with Crippen LogP contribution in [0.15, 0.2) is 41.3 Å². The molecule has 3 aliphatic rings. The Morgan fingerprint density at radius 1 is 0.969 bits per heavy atom. The maximum atomic E-state index is 13.7. The minimum Gasteiger partial charge on any atom is -0.490 e. The quantitative estimate of drug-likeness (QED) is 0.704. The molecule has 5 rings (SSSR count). The van der Waals surface area contributed by atoms with Crippen LogP contribution >= 0.6 is 0 Å². The fourth-order valence-electron chi connectivity index (χ4n) is 4.94. The van der Waals surface area contributed by atoms with Crippen LogP contribution in [0.5, 0.6) is 11.5 Å². The number of hydrogen-bond acceptors (Lipinski definition) is 5. The molecule has 7 nitrogen and oxygen atoms in total. The first-order chi connectivity index (χ1) is 15.4. The molecule has 1 fully saturated rings. The van der Waals surface area contributed by atoms with E-state index in [1.54, 1.807) is 34.3 Å². The number of nitrogens with zero attached hydrogens (tertiary/aromatic N) is 2. The number of rotatable bonds is 3. The third-order valence-electron chi connectivity index (χ3n) is 6.52. The minimum atomic E-state index is -3.68. The molecule has 3 aliphatic heterocycles. The van der Waals surface area contributed by atoms with Crippen LogP contribution in [0.2, 0.25) is 0 Å². The van der Waals surface area contributed by atoms with Crippen LogP contribution in [0.1, 0.15) is 49.8 Å². The van der Waals surface area contributed by atoms with Crippen LogP contribution < -0.4 is 14.4 Å². The third kappa shape index (κ3) is 3.75. The first-order valence-corrected chi connectivity index (χ1v) is 12.7. The van der Waals surface area contributed by atoms with E-state index >= 15 is 0 Å². The van der Waals surface area contributed by atoms with Crippen molar-refractivity contribution in [2.45, 2.75) is 50.0 Å². The third-order valence-corrected chi connectivity index (χ3v) is 8.42. The lowest BCUT2D eigenvalue weighted by molar-refractivity contribution is -0.116. The first kappa shape index (κ1) is 21.3. The SMILES string of the molecule is CC(=O)N1CCCc2cc(S(=O)(=O)N3CCCC3c3ccc4c(c3)OCCCO4)ccc21. The highest BCUT2D eigenvalue weighted by atomic mass is 32.2. The lowest BCUT2D eigenvalue weighted by Gasteiger charge is -2.30. The van der Waals surface area contributed by atoms with Crippen molar-refractivity contribution in [2.75, 3.05) is 31.2 Å². The fourth-order valence-corrected chi connectivity index (χ4v) is 6.68. The van der Waals surface area contributed by atoms with Crippen molar-refractivity contribution >= 4 is 21.6 Å². The van der Waals surface area contributed by atoms with Gasteiger partial charge in [0.15, 0.2) is 11.5 Å². The molecule has 170 valence electrons. The summed E-state index contributed by atoms with van der Waals surface area (Å²) in [6.45, 7) is 3.92. The summed E-state index contributed by atoms with van der Waals surface area (Å²) < 4.78 is 40.5. The van der Waals surface area contributed by atoms with E-state index in [2.05, 4.69) is 0 Å². The monoisotopic (exact) mass is 456 g/mol. The lowest BCUT2D eigenvalue weighted by Crippen LogP contribution is -2.34. The highest BCUT2D eigenvalue weighted by Gasteiger charge is 2.37. The Hall–Kier alpha value is -2.58. The van der Waals surface area contributed by atoms with E-state index in [1.165, 1.54) is 0 Å². The molecule has 2 aromatic carbocycles. The Morgan fingerprint density at radius 3 is 2.59 bits per heavy atom. The van der Waals surface area contributed by atoms with Gasteiger partial charge in [-0.3, -0.25) is 4.79 Å². The second kappa shape index (κ2) is 8.41. The van der Waals surface area contributed by atoms with Gasteiger partial charge in [-0.1, -0.05) is 6.07 Å². The van der Waals surface area contributed by atoms with Gasteiger partial charge in [0.25, 0.3) is 0 Å². The molecule has 3 heterocycles. The zero-order valence-electron chi connectivity index (χ0n) is 18.2. The first-order valence-electron chi connectivity index (χ1n) is 11.3. The predicted molar refractivity (Wildman–Crippen MR) is 121 cm³/mol. The molecule has 1 unspecified atom stereocenters. The number of carbonyl (C=O) groups excluding carboxylic acids is 1. The number of anilines is 1. The normalized spacial score (nSPS) is 21.2. The minimum absolute atomic E-state index is 0.0180. The summed E-state index contributed by atoms with van der Waals surface area (Å²) >= 11 is 0. The Kier molecular flexibility index (Phi) is 5.59. The van der Waals surface area contributed by atoms with Crippen LogP contribution in [0, 0.1) is 0 Å². The summed E-state index contributed by atoms with van der Waals surface area (Å²) in [5, 5.41) is 0. The van der Waals surface area contributed by atoms with E-state index in [1.807, 2.05) is 18.2 Å². The summed E-state index contributed by atoms with van der Waals surface area (Å²) in [5.74, 6) is 1.38. The Bertz CT molecular complexity index is 1150. The molecule has 8 heteroatoms. The molecular formula is C24H28N2O5S. The van der Waals surface area contributed by atoms with E-state index in [0.717, 1.165) is 48.9 Å². The molecule has 0 N–H and O–H groups in total. The van der Waals surface area contributed by atoms with Gasteiger partial charge in [0.1, 0.15) is 0 Å². The maximum absolute atomic E-state index is 13.7. The summed E-state index contributed by atoms with van der Waals surface area (Å²) in [7, 11) is -3.68. The van der Waals surface area contributed by atoms with Crippen LogP contribution in [0.3, 0.4) is 0 Å². The number of fused-ring (bicyclic) bond motifs is 2. The highest BCUT2D eigenvalue weighted by molar-refractivity contribution is 7.89. The van der Waals surface area contributed by atoms with E-state index in [-0.39, 0.29) is 11.9 Å². The molecular weight excluding hydrogens is 428 g/mol. The lowest BCUT2D eigenvalue weighted by atomic mass is 10.0. The number of carbonyl (C=O) groups is 1. The number of hydrogen-bond donors (Lipinski definition) is 0. The number of sulfonamides is 1. The topological polar surface area (TPSA) is 76.2 Å². The van der Waals surface area contributed by atoms with Crippen LogP contribution in [-0.4, -0.2) is 44.9 Å². The Morgan fingerprint density at radius 2 is 1.78 bits per heavy atom. The van der Waals surface area contributed by atoms with Crippen LogP contribution in [-0.2, 0) is 21.2 Å². The average Bonchev–Trinajstić information content (AvgIpc) is 3.18. The van der Waals surface area contributed by atoms with Crippen molar-refractivity contribution in [1.82, 2.24) is 4.31 Å². The standard InChI is InChI=1S/C24H28N2O5S/c1-17(27)25-11-2-5-18-15-20(8-9-21(18)25)32(28,29)26-12-3-6-22(26)19-7-10-23-24(16-19)31-14-4-13-30-23/h7-10,15-16,22H,2-6,11-14H2,1H3. The van der Waals surface area contributed by atoms with Gasteiger partial charge in [0.2, 0.25) is 15.9 Å². The Labute approximate surface area is 189 Å². The highest BCUT2D eigenvalue weighted by Crippen LogP contribution is 2.41. The van der Waals surface area contributed by atoms with Gasteiger partial charge in [0, 0.05) is 32.1 Å². The fraction of sp³-hybridized carbons (Fsp3) is 0.458. The number of amides is 1. The maximum Gasteiger partial charge on any atom is 0.243 e. The van der Waals surface area contributed by atoms with Crippen molar-refractivity contribution in [1.29, 1.82) is 0 Å². The van der Waals surface area contributed by atoms with Gasteiger partial charge in [-0.15, -0.1) is 0 Å². The molecule has 1 atom stereocenters. The van der Waals surface area contributed by atoms with Gasteiger partial charge in [0.05, 0.1) is 24.2 Å². The van der Waals surface area contributed by atoms with Crippen LogP contribution in [0.4, 0.5) is 5.69 Å². The van der Waals surface area contributed by atoms with E-state index in [9.17, 15) is 13.2 Å². The summed E-state index contributed by atoms with van der Waals surface area (Å²) in [4.78, 5) is 14.0. The molecule has 1 amide bonds. The molecule has 32 heavy (non-hydrogen) atoms. The summed E-state index contributed by atoms with van der Waals surface area (Å²) in [5.41, 5.74) is 2.67. The zero-order chi connectivity index (χ0) is 22.3. The molecule has 0 spiro atoms. The van der Waals surface area contributed by atoms with Gasteiger partial charge < -0.3 is 14.4 Å². The van der Waals surface area contributed by atoms with E-state index in [0.29, 0.717) is 42.7 Å². The summed E-state index contributed by atoms with van der Waals surface area (Å²) in [6.07, 6.45) is 4.00. The second-order valence-electron chi connectivity index (χ2n) is 8.60. The van der Waals surface area contributed by atoms with Crippen molar-refractivity contribution < 1.29 is 22.7 Å². The van der Waals surface area contributed by atoms with Crippen molar-refractivity contribution in [3.63, 3.8) is 0 Å². The van der Waals surface area contributed by atoms with Crippen molar-refractivity contribution in [3.8, 4) is 11.5 Å². The molecule has 1 saturated heterocycles. The van der Waals surface area contributed by atoms with Gasteiger partial charge in [-0.2, -0.15) is 4.31 Å². The zero-order valence-corrected chi connectivity index (χ0v) is 19.1. The van der Waals surface area contributed by atoms with Gasteiger partial charge >= 0.3 is 0 Å². The van der Waals surface area contributed by atoms with E-state index in [4.69, 9.17) is 9.47 Å². The largest absolute Gasteiger partial charge is 0.490 e. The van der Waals surface area contributed by atoms with Crippen molar-refractivity contribution in [3.05, 3.63) is 47.5 Å². The van der Waals surface area contributed by atoms with Crippen LogP contribution in [0.25, 0.3) is 0 Å². The Balaban J connectivity index is 1.46. The molecule has 0 bridgehead atoms. The predicted octanol–water partition coefficient (Wildman–Crippen LogP) is 3.67. The smallest absolute Gasteiger partial charge is 0.243 e. The molecule has 0 radical (unpaired) electrons. The molecule has 0 saturated carbocycles. The average molecular weight is 457 g/mol. The summed E-state index contributed by atoms with van der Waals surface area (Å²) in [6, 6.07) is 10.7. The van der Waals surface area contributed by atoms with Gasteiger partial charge in [-0.05, 0) is 67.1 Å². The molecule has 2 aromatic rings.